The molecule has 2 aromatic carbocycles. The molecule has 2 amide bonds. The zero-order valence-electron chi connectivity index (χ0n) is 18.8. The zero-order chi connectivity index (χ0) is 24.6. The number of hydrogen-bond donors (Lipinski definition) is 2. The maximum Gasteiger partial charge on any atom is 0.274 e. The zero-order valence-corrected chi connectivity index (χ0v) is 18.8. The summed E-state index contributed by atoms with van der Waals surface area (Å²) in [6.07, 6.45) is 0. The van der Waals surface area contributed by atoms with E-state index in [9.17, 15) is 18.8 Å². The van der Waals surface area contributed by atoms with Crippen LogP contribution in [0.15, 0.2) is 48.5 Å². The molecule has 0 aliphatic heterocycles. The van der Waals surface area contributed by atoms with Gasteiger partial charge < -0.3 is 11.1 Å². The van der Waals surface area contributed by atoms with Crippen LogP contribution in [0.2, 0.25) is 0 Å². The molecule has 172 valence electrons. The molecule has 9 heteroatoms. The molecule has 0 saturated carbocycles. The molecule has 34 heavy (non-hydrogen) atoms. The lowest BCUT2D eigenvalue weighted by molar-refractivity contribution is 0.0996. The lowest BCUT2D eigenvalue weighted by Gasteiger charge is -2.10. The van der Waals surface area contributed by atoms with Crippen LogP contribution in [-0.4, -0.2) is 32.4 Å². The van der Waals surface area contributed by atoms with Gasteiger partial charge in [0.2, 0.25) is 5.91 Å². The number of halogens is 1. The Hall–Kier alpha value is -4.40. The monoisotopic (exact) mass is 459 g/mol. The molecule has 2 heterocycles. The Morgan fingerprint density at radius 1 is 1.09 bits per heavy atom. The van der Waals surface area contributed by atoms with Gasteiger partial charge in [0.1, 0.15) is 11.5 Å². The molecule has 2 aromatic heterocycles. The third-order valence-electron chi connectivity index (χ3n) is 5.57. The molecule has 0 spiro atoms. The van der Waals surface area contributed by atoms with Crippen LogP contribution >= 0.6 is 0 Å². The Balaban J connectivity index is 1.65. The average Bonchev–Trinajstić information content (AvgIpc) is 3.05. The quantitative estimate of drug-likeness (QED) is 0.425. The number of primary amides is 1. The van der Waals surface area contributed by atoms with Crippen LogP contribution in [-0.2, 0) is 6.54 Å². The first-order chi connectivity index (χ1) is 16.2. The molecule has 0 fully saturated rings. The van der Waals surface area contributed by atoms with Crippen LogP contribution in [0, 0.1) is 19.7 Å². The summed E-state index contributed by atoms with van der Waals surface area (Å²) in [5, 5.41) is 7.27. The minimum atomic E-state index is -0.862. The number of hydrogen-bond acceptors (Lipinski definition) is 5. The van der Waals surface area contributed by atoms with Gasteiger partial charge >= 0.3 is 0 Å². The normalized spacial score (nSPS) is 10.9. The van der Waals surface area contributed by atoms with E-state index in [1.54, 1.807) is 23.7 Å². The number of nitrogens with one attached hydrogen (secondary N) is 1. The average molecular weight is 459 g/mol. The number of anilines is 1. The molecule has 0 aliphatic carbocycles. The van der Waals surface area contributed by atoms with Crippen LogP contribution < -0.4 is 11.1 Å². The maximum atomic E-state index is 14.3. The van der Waals surface area contributed by atoms with Gasteiger partial charge in [0, 0.05) is 10.9 Å². The Kier molecular flexibility index (Phi) is 5.93. The topological polar surface area (TPSA) is 120 Å². The van der Waals surface area contributed by atoms with Crippen LogP contribution in [0.1, 0.15) is 55.1 Å². The summed E-state index contributed by atoms with van der Waals surface area (Å²) in [5.41, 5.74) is 8.64. The number of rotatable bonds is 6. The van der Waals surface area contributed by atoms with Gasteiger partial charge in [-0.2, -0.15) is 5.10 Å². The fraction of sp³-hybridized carbons (Fsp3) is 0.160. The number of benzene rings is 2. The fourth-order valence-electron chi connectivity index (χ4n) is 3.83. The van der Waals surface area contributed by atoms with E-state index in [-0.39, 0.29) is 27.9 Å². The number of aryl methyl sites for hydroxylation is 1. The molecule has 0 radical (unpaired) electrons. The number of carbonyl (C=O) groups is 3. The van der Waals surface area contributed by atoms with E-state index < -0.39 is 17.6 Å². The largest absolute Gasteiger partial charge is 0.366 e. The van der Waals surface area contributed by atoms with Gasteiger partial charge in [0.25, 0.3) is 5.91 Å². The number of pyridine rings is 1. The number of aromatic nitrogens is 3. The second-order valence-corrected chi connectivity index (χ2v) is 7.97. The van der Waals surface area contributed by atoms with Crippen molar-refractivity contribution in [2.45, 2.75) is 27.3 Å². The Morgan fingerprint density at radius 3 is 2.53 bits per heavy atom. The molecule has 0 atom stereocenters. The predicted octanol–water partition coefficient (Wildman–Crippen LogP) is 3.79. The van der Waals surface area contributed by atoms with Crippen LogP contribution in [0.3, 0.4) is 0 Å². The fourth-order valence-corrected chi connectivity index (χ4v) is 3.83. The minimum Gasteiger partial charge on any atom is -0.366 e. The van der Waals surface area contributed by atoms with Gasteiger partial charge in [-0.15, -0.1) is 0 Å². The van der Waals surface area contributed by atoms with Gasteiger partial charge in [0.05, 0.1) is 34.7 Å². The number of nitrogens with two attached hydrogens (primary N) is 1. The predicted molar refractivity (Wildman–Crippen MR) is 125 cm³/mol. The van der Waals surface area contributed by atoms with E-state index in [4.69, 9.17) is 5.73 Å². The van der Waals surface area contributed by atoms with Crippen molar-refractivity contribution in [3.05, 3.63) is 88.1 Å². The van der Waals surface area contributed by atoms with E-state index in [2.05, 4.69) is 15.4 Å². The van der Waals surface area contributed by atoms with E-state index in [1.165, 1.54) is 31.2 Å². The van der Waals surface area contributed by atoms with E-state index in [0.29, 0.717) is 29.2 Å². The van der Waals surface area contributed by atoms with Crippen molar-refractivity contribution in [3.8, 4) is 0 Å². The summed E-state index contributed by atoms with van der Waals surface area (Å²) in [6.45, 7) is 5.48. The third-order valence-corrected chi connectivity index (χ3v) is 5.57. The summed E-state index contributed by atoms with van der Waals surface area (Å²) in [6, 6.07) is 12.6. The summed E-state index contributed by atoms with van der Waals surface area (Å²) < 4.78 is 16.0. The summed E-state index contributed by atoms with van der Waals surface area (Å²) >= 11 is 0. The molecular weight excluding hydrogens is 437 g/mol. The van der Waals surface area contributed by atoms with Gasteiger partial charge in [-0.3, -0.25) is 19.1 Å². The lowest BCUT2D eigenvalue weighted by Crippen LogP contribution is -2.18. The van der Waals surface area contributed by atoms with Gasteiger partial charge in [-0.1, -0.05) is 24.3 Å². The van der Waals surface area contributed by atoms with Gasteiger partial charge in [-0.05, 0) is 50.6 Å². The number of Topliss-reactive ketones (excluding diaryl/α,β-unsaturated/α-hetero) is 1. The Morgan fingerprint density at radius 2 is 1.82 bits per heavy atom. The third kappa shape index (κ3) is 4.27. The second-order valence-electron chi connectivity index (χ2n) is 7.97. The summed E-state index contributed by atoms with van der Waals surface area (Å²) in [4.78, 5) is 40.8. The number of amides is 2. The number of nitrogens with zero attached hydrogens (tertiary/aromatic N) is 3. The first-order valence-corrected chi connectivity index (χ1v) is 10.5. The van der Waals surface area contributed by atoms with Crippen LogP contribution in [0.5, 0.6) is 0 Å². The first kappa shape index (κ1) is 22.8. The van der Waals surface area contributed by atoms with Crippen molar-refractivity contribution >= 4 is 34.2 Å². The Bertz CT molecular complexity index is 1480. The van der Waals surface area contributed by atoms with Gasteiger partial charge in [0.15, 0.2) is 5.78 Å². The van der Waals surface area contributed by atoms with Gasteiger partial charge in [-0.25, -0.2) is 9.37 Å². The molecule has 8 nitrogen and oxygen atoms in total. The standard InChI is InChI=1S/C25H22FN5O3/c1-13-23(14(2)31(30-13)12-16-6-4-7-17(10-16)15(3)32)29-25(34)21-11-18(24(27)33)22-19(26)8-5-9-20(22)28-21/h4-11H,12H2,1-3H3,(H2,27,33)(H,29,34). The van der Waals surface area contributed by atoms with Crippen molar-refractivity contribution in [1.29, 1.82) is 0 Å². The highest BCUT2D eigenvalue weighted by Gasteiger charge is 2.20. The molecule has 3 N–H and O–H groups in total. The molecule has 0 bridgehead atoms. The first-order valence-electron chi connectivity index (χ1n) is 10.5. The highest BCUT2D eigenvalue weighted by atomic mass is 19.1. The van der Waals surface area contributed by atoms with Crippen molar-refractivity contribution in [2.75, 3.05) is 5.32 Å². The van der Waals surface area contributed by atoms with Crippen LogP contribution in [0.4, 0.5) is 10.1 Å². The Labute approximate surface area is 194 Å². The van der Waals surface area contributed by atoms with Crippen LogP contribution in [0.25, 0.3) is 10.9 Å². The highest BCUT2D eigenvalue weighted by molar-refractivity contribution is 6.10. The van der Waals surface area contributed by atoms with Crippen molar-refractivity contribution in [3.63, 3.8) is 0 Å². The maximum absolute atomic E-state index is 14.3. The lowest BCUT2D eigenvalue weighted by atomic mass is 10.1. The van der Waals surface area contributed by atoms with E-state index >= 15 is 0 Å². The second kappa shape index (κ2) is 8.86. The van der Waals surface area contributed by atoms with Crippen molar-refractivity contribution < 1.29 is 18.8 Å². The molecular formula is C25H22FN5O3. The highest BCUT2D eigenvalue weighted by Crippen LogP contribution is 2.24. The molecule has 4 aromatic rings. The minimum absolute atomic E-state index is 0.0266. The molecule has 0 unspecified atom stereocenters. The number of fused-ring (bicyclic) bond motifs is 1. The van der Waals surface area contributed by atoms with E-state index in [1.807, 2.05) is 19.1 Å². The molecule has 0 aliphatic rings. The summed E-state index contributed by atoms with van der Waals surface area (Å²) in [5.74, 6) is -2.12. The summed E-state index contributed by atoms with van der Waals surface area (Å²) in [7, 11) is 0. The SMILES string of the molecule is CC(=O)c1cccc(Cn2nc(C)c(NC(=O)c3cc(C(N)=O)c4c(F)cccc4n3)c2C)c1. The number of carbonyl (C=O) groups excluding carboxylic acids is 3. The van der Waals surface area contributed by atoms with E-state index in [0.717, 1.165) is 5.56 Å². The number of ketones is 1. The van der Waals surface area contributed by atoms with Crippen molar-refractivity contribution in [2.24, 2.45) is 5.73 Å². The molecule has 0 saturated heterocycles. The van der Waals surface area contributed by atoms with Crippen molar-refractivity contribution in [1.82, 2.24) is 14.8 Å². The smallest absolute Gasteiger partial charge is 0.274 e. The molecule has 4 rings (SSSR count).